The maximum Gasteiger partial charge on any atom is 0.334 e. The Bertz CT molecular complexity index is 952. The van der Waals surface area contributed by atoms with Crippen LogP contribution in [0, 0.1) is 0 Å². The molecule has 0 radical (unpaired) electrons. The largest absolute Gasteiger partial charge is 0.473 e. The smallest absolute Gasteiger partial charge is 0.334 e. The zero-order valence-electron chi connectivity index (χ0n) is 14.1. The van der Waals surface area contributed by atoms with E-state index in [1.54, 1.807) is 35.0 Å². The first kappa shape index (κ1) is 16.6. The Morgan fingerprint density at radius 2 is 2.23 bits per heavy atom. The van der Waals surface area contributed by atoms with Gasteiger partial charge in [0.25, 0.3) is 5.91 Å². The number of aromatic nitrogens is 2. The number of imidazole rings is 1. The maximum absolute atomic E-state index is 12.7. The number of benzene rings is 1. The third-order valence-corrected chi connectivity index (χ3v) is 4.71. The van der Waals surface area contributed by atoms with Crippen LogP contribution >= 0.6 is 11.6 Å². The second-order valence-corrected chi connectivity index (χ2v) is 6.40. The van der Waals surface area contributed by atoms with Gasteiger partial charge in [-0.15, -0.1) is 0 Å². The van der Waals surface area contributed by atoms with Crippen LogP contribution in [0.15, 0.2) is 29.5 Å². The minimum absolute atomic E-state index is 0.103. The fourth-order valence-electron chi connectivity index (χ4n) is 3.08. The van der Waals surface area contributed by atoms with Crippen molar-refractivity contribution < 1.29 is 19.1 Å². The Morgan fingerprint density at radius 3 is 3.00 bits per heavy atom. The normalized spacial score (nSPS) is 18.6. The predicted molar refractivity (Wildman–Crippen MR) is 92.7 cm³/mol. The van der Waals surface area contributed by atoms with Crippen molar-refractivity contribution in [1.29, 1.82) is 0 Å². The molecule has 0 aliphatic carbocycles. The summed E-state index contributed by atoms with van der Waals surface area (Å²) in [6.45, 7) is 0.399. The molecule has 0 spiro atoms. The van der Waals surface area contributed by atoms with Gasteiger partial charge in [0.05, 0.1) is 35.6 Å². The van der Waals surface area contributed by atoms with E-state index in [1.807, 2.05) is 6.07 Å². The molecule has 0 N–H and O–H groups in total. The molecule has 3 heterocycles. The Balaban J connectivity index is 1.83. The number of hydrogen-bond acceptors (Lipinski definition) is 6. The van der Waals surface area contributed by atoms with Gasteiger partial charge in [0, 0.05) is 7.05 Å². The maximum atomic E-state index is 12.7. The summed E-state index contributed by atoms with van der Waals surface area (Å²) < 4.78 is 12.1. The molecule has 1 amide bonds. The quantitative estimate of drug-likeness (QED) is 0.742. The summed E-state index contributed by atoms with van der Waals surface area (Å²) in [6.07, 6.45) is 1.60. The molecule has 2 aromatic rings. The molecule has 8 nitrogen and oxygen atoms in total. The van der Waals surface area contributed by atoms with Gasteiger partial charge in [-0.05, 0) is 12.1 Å². The number of methoxy groups -OCH3 is 1. The highest BCUT2D eigenvalue weighted by atomic mass is 35.5. The highest BCUT2D eigenvalue weighted by molar-refractivity contribution is 6.34. The van der Waals surface area contributed by atoms with Crippen LogP contribution in [0.5, 0.6) is 0 Å². The van der Waals surface area contributed by atoms with Crippen molar-refractivity contribution in [2.75, 3.05) is 20.8 Å². The zero-order valence-corrected chi connectivity index (χ0v) is 14.9. The molecule has 1 atom stereocenters. The number of aliphatic imine (C=N–C) groups is 1. The van der Waals surface area contributed by atoms with Crippen LogP contribution in [0.4, 0.5) is 0 Å². The van der Waals surface area contributed by atoms with Crippen LogP contribution in [0.2, 0.25) is 5.02 Å². The lowest BCUT2D eigenvalue weighted by Gasteiger charge is -2.15. The van der Waals surface area contributed by atoms with E-state index in [2.05, 4.69) is 9.98 Å². The molecule has 1 aromatic carbocycles. The predicted octanol–water partition coefficient (Wildman–Crippen LogP) is 1.43. The topological polar surface area (TPSA) is 86.0 Å². The van der Waals surface area contributed by atoms with Crippen LogP contribution in [-0.2, 0) is 20.8 Å². The molecule has 134 valence electrons. The number of ether oxygens (including phenoxy) is 2. The van der Waals surface area contributed by atoms with Crippen LogP contribution in [0.1, 0.15) is 21.7 Å². The summed E-state index contributed by atoms with van der Waals surface area (Å²) in [5.74, 6) is -0.378. The Labute approximate surface area is 154 Å². The van der Waals surface area contributed by atoms with E-state index in [4.69, 9.17) is 21.1 Å². The third-order valence-electron chi connectivity index (χ3n) is 4.39. The summed E-state index contributed by atoms with van der Waals surface area (Å²) >= 11 is 6.26. The number of carbonyl (C=O) groups excluding carboxylic acids is 2. The van der Waals surface area contributed by atoms with Crippen molar-refractivity contribution in [3.05, 3.63) is 46.5 Å². The fourth-order valence-corrected chi connectivity index (χ4v) is 3.33. The molecule has 1 aromatic heterocycles. The van der Waals surface area contributed by atoms with Gasteiger partial charge in [0.15, 0.2) is 6.04 Å². The lowest BCUT2D eigenvalue weighted by Crippen LogP contribution is -2.26. The minimum Gasteiger partial charge on any atom is -0.473 e. The van der Waals surface area contributed by atoms with Crippen molar-refractivity contribution in [3.63, 3.8) is 0 Å². The molecule has 4 rings (SSSR count). The van der Waals surface area contributed by atoms with Crippen molar-refractivity contribution in [3.8, 4) is 5.69 Å². The first-order chi connectivity index (χ1) is 12.5. The van der Waals surface area contributed by atoms with Crippen molar-refractivity contribution >= 4 is 29.4 Å². The van der Waals surface area contributed by atoms with Gasteiger partial charge in [-0.3, -0.25) is 9.36 Å². The standard InChI is InChI=1S/C17H15ClN4O4/c1-21-6-12-14(15-20-10(7-26-15)17(24)25-2)19-8-22(12)11-5-3-4-9(18)13(11)16(21)23/h3-5,8,10H,6-7H2,1-2H3/t10-/m0/s1. The summed E-state index contributed by atoms with van der Waals surface area (Å²) in [4.78, 5) is 34.6. The molecule has 26 heavy (non-hydrogen) atoms. The molecule has 2 aliphatic rings. The number of rotatable bonds is 2. The first-order valence-electron chi connectivity index (χ1n) is 7.90. The molecule has 0 fully saturated rings. The van der Waals surface area contributed by atoms with E-state index in [1.165, 1.54) is 7.11 Å². The number of nitrogens with zero attached hydrogens (tertiary/aromatic N) is 4. The fraction of sp³-hybridized carbons (Fsp3) is 0.294. The van der Waals surface area contributed by atoms with Crippen LogP contribution in [0.25, 0.3) is 5.69 Å². The van der Waals surface area contributed by atoms with Gasteiger partial charge in [-0.1, -0.05) is 17.7 Å². The second kappa shape index (κ2) is 6.14. The van der Waals surface area contributed by atoms with E-state index in [0.717, 1.165) is 5.69 Å². The lowest BCUT2D eigenvalue weighted by molar-refractivity contribution is -0.142. The average molecular weight is 375 g/mol. The Hall–Kier alpha value is -2.87. The molecule has 0 bridgehead atoms. The second-order valence-electron chi connectivity index (χ2n) is 5.99. The molecule has 9 heteroatoms. The van der Waals surface area contributed by atoms with E-state index in [0.29, 0.717) is 28.5 Å². The van der Waals surface area contributed by atoms with Gasteiger partial charge in [-0.2, -0.15) is 0 Å². The summed E-state index contributed by atoms with van der Waals surface area (Å²) in [7, 11) is 3.00. The van der Waals surface area contributed by atoms with E-state index < -0.39 is 12.0 Å². The van der Waals surface area contributed by atoms with Crippen LogP contribution in [0.3, 0.4) is 0 Å². The number of carbonyl (C=O) groups is 2. The Morgan fingerprint density at radius 1 is 1.42 bits per heavy atom. The Kier molecular flexibility index (Phi) is 3.91. The number of fused-ring (bicyclic) bond motifs is 3. The van der Waals surface area contributed by atoms with E-state index in [9.17, 15) is 9.59 Å². The molecule has 0 saturated heterocycles. The van der Waals surface area contributed by atoms with Crippen molar-refractivity contribution in [2.45, 2.75) is 12.6 Å². The zero-order chi connectivity index (χ0) is 18.4. The SMILES string of the molecule is COC(=O)[C@@H]1COC(c2ncn3c2CN(C)C(=O)c2c(Cl)cccc2-3)=N1. The first-order valence-corrected chi connectivity index (χ1v) is 8.28. The number of esters is 1. The average Bonchev–Trinajstić information content (AvgIpc) is 3.25. The van der Waals surface area contributed by atoms with Crippen LogP contribution in [-0.4, -0.2) is 59.0 Å². The summed E-state index contributed by atoms with van der Waals surface area (Å²) in [5, 5.41) is 0.377. The highest BCUT2D eigenvalue weighted by Gasteiger charge is 2.33. The third kappa shape index (κ3) is 2.45. The van der Waals surface area contributed by atoms with Crippen molar-refractivity contribution in [2.24, 2.45) is 4.99 Å². The molecule has 0 saturated carbocycles. The highest BCUT2D eigenvalue weighted by Crippen LogP contribution is 2.31. The molecule has 2 aliphatic heterocycles. The molecular weight excluding hydrogens is 360 g/mol. The van der Waals surface area contributed by atoms with E-state index in [-0.39, 0.29) is 18.4 Å². The number of amides is 1. The summed E-state index contributed by atoms with van der Waals surface area (Å²) in [6, 6.07) is 4.56. The van der Waals surface area contributed by atoms with E-state index >= 15 is 0 Å². The van der Waals surface area contributed by atoms with Gasteiger partial charge in [0.1, 0.15) is 18.6 Å². The number of hydrogen-bond donors (Lipinski definition) is 0. The van der Waals surface area contributed by atoms with Gasteiger partial charge >= 0.3 is 5.97 Å². The lowest BCUT2D eigenvalue weighted by atomic mass is 10.1. The van der Waals surface area contributed by atoms with Gasteiger partial charge in [-0.25, -0.2) is 14.8 Å². The van der Waals surface area contributed by atoms with Gasteiger partial charge < -0.3 is 14.4 Å². The van der Waals surface area contributed by atoms with Crippen LogP contribution < -0.4 is 0 Å². The minimum atomic E-state index is -0.709. The number of halogens is 1. The monoisotopic (exact) mass is 374 g/mol. The van der Waals surface area contributed by atoms with Gasteiger partial charge in [0.2, 0.25) is 5.90 Å². The molecular formula is C17H15ClN4O4. The van der Waals surface area contributed by atoms with Crippen molar-refractivity contribution in [1.82, 2.24) is 14.5 Å². The summed E-state index contributed by atoms with van der Waals surface area (Å²) in [5.41, 5.74) is 2.28. The molecule has 0 unspecified atom stereocenters.